The van der Waals surface area contributed by atoms with E-state index in [9.17, 15) is 4.79 Å². The predicted octanol–water partition coefficient (Wildman–Crippen LogP) is 6.09. The Hall–Kier alpha value is -2.62. The van der Waals surface area contributed by atoms with Crippen LogP contribution in [0.3, 0.4) is 0 Å². The van der Waals surface area contributed by atoms with Crippen LogP contribution in [0.4, 0.5) is 0 Å². The molecule has 4 aromatic rings. The molecule has 0 atom stereocenters. The average Bonchev–Trinajstić information content (AvgIpc) is 3.17. The molecule has 2 nitrogen and oxygen atoms in total. The molecule has 0 aliphatic carbocycles. The Morgan fingerprint density at radius 2 is 1.60 bits per heavy atom. The molecule has 0 fully saturated rings. The number of hydrogen-bond donors (Lipinski definition) is 1. The third-order valence-electron chi connectivity index (χ3n) is 4.04. The third-order valence-corrected chi connectivity index (χ3v) is 5.19. The summed E-state index contributed by atoms with van der Waals surface area (Å²) in [6.45, 7) is 0. The number of halogens is 1. The Balaban J connectivity index is 1.97. The molecule has 0 spiro atoms. The van der Waals surface area contributed by atoms with Crippen molar-refractivity contribution in [3.05, 3.63) is 93.6 Å². The van der Waals surface area contributed by atoms with Crippen LogP contribution in [0.1, 0.15) is 0 Å². The Morgan fingerprint density at radius 3 is 2.28 bits per heavy atom. The molecule has 2 heterocycles. The second-order valence-electron chi connectivity index (χ2n) is 5.65. The summed E-state index contributed by atoms with van der Waals surface area (Å²) in [4.78, 5) is 17.0. The van der Waals surface area contributed by atoms with Gasteiger partial charge in [0.05, 0.1) is 5.56 Å². The highest BCUT2D eigenvalue weighted by Gasteiger charge is 2.15. The van der Waals surface area contributed by atoms with Crippen molar-refractivity contribution in [2.75, 3.05) is 0 Å². The standard InChI is InChI=1S/C21H14ClNOS/c22-16-10-8-14(9-11-16)18-13-17(19-7-4-12-25-19)20(21(24)23-18)15-5-2-1-3-6-15/h1-13H,(H,23,24). The number of pyridine rings is 1. The minimum Gasteiger partial charge on any atom is -0.321 e. The number of rotatable bonds is 3. The highest BCUT2D eigenvalue weighted by Crippen LogP contribution is 2.34. The van der Waals surface area contributed by atoms with E-state index in [4.69, 9.17) is 11.6 Å². The molecule has 2 aromatic heterocycles. The minimum atomic E-state index is -0.0953. The summed E-state index contributed by atoms with van der Waals surface area (Å²) in [5, 5.41) is 2.69. The lowest BCUT2D eigenvalue weighted by Crippen LogP contribution is -2.11. The maximum atomic E-state index is 12.9. The number of hydrogen-bond acceptors (Lipinski definition) is 2. The van der Waals surface area contributed by atoms with E-state index in [1.54, 1.807) is 11.3 Å². The van der Waals surface area contributed by atoms with Crippen LogP contribution >= 0.6 is 22.9 Å². The first-order chi connectivity index (χ1) is 12.2. The zero-order valence-corrected chi connectivity index (χ0v) is 14.8. The van der Waals surface area contributed by atoms with Gasteiger partial charge in [-0.15, -0.1) is 11.3 Å². The Morgan fingerprint density at radius 1 is 0.840 bits per heavy atom. The van der Waals surface area contributed by atoms with E-state index in [1.165, 1.54) is 0 Å². The molecule has 0 saturated carbocycles. The molecular formula is C21H14ClNOS. The maximum absolute atomic E-state index is 12.9. The number of aromatic amines is 1. The highest BCUT2D eigenvalue weighted by atomic mass is 35.5. The van der Waals surface area contributed by atoms with Crippen molar-refractivity contribution in [2.45, 2.75) is 0 Å². The number of nitrogens with one attached hydrogen (secondary N) is 1. The van der Waals surface area contributed by atoms with Crippen LogP contribution in [0, 0.1) is 0 Å². The molecule has 2 aromatic carbocycles. The summed E-state index contributed by atoms with van der Waals surface area (Å²) >= 11 is 7.60. The second kappa shape index (κ2) is 6.71. The van der Waals surface area contributed by atoms with Gasteiger partial charge in [0.15, 0.2) is 0 Å². The van der Waals surface area contributed by atoms with Crippen molar-refractivity contribution >= 4 is 22.9 Å². The monoisotopic (exact) mass is 363 g/mol. The van der Waals surface area contributed by atoms with Gasteiger partial charge < -0.3 is 4.98 Å². The van der Waals surface area contributed by atoms with Gasteiger partial charge in [-0.1, -0.05) is 60.1 Å². The second-order valence-corrected chi connectivity index (χ2v) is 7.04. The van der Waals surface area contributed by atoms with Crippen molar-refractivity contribution in [2.24, 2.45) is 0 Å². The van der Waals surface area contributed by atoms with Crippen LogP contribution in [-0.4, -0.2) is 4.98 Å². The first-order valence-electron chi connectivity index (χ1n) is 7.85. The molecule has 0 unspecified atom stereocenters. The number of aromatic nitrogens is 1. The zero-order valence-electron chi connectivity index (χ0n) is 13.2. The van der Waals surface area contributed by atoms with Crippen LogP contribution < -0.4 is 5.56 Å². The van der Waals surface area contributed by atoms with Gasteiger partial charge in [0.1, 0.15) is 0 Å². The molecule has 25 heavy (non-hydrogen) atoms. The summed E-state index contributed by atoms with van der Waals surface area (Å²) in [7, 11) is 0. The van der Waals surface area contributed by atoms with Crippen molar-refractivity contribution in [3.8, 4) is 32.8 Å². The Bertz CT molecular complexity index is 1050. The zero-order chi connectivity index (χ0) is 17.2. The van der Waals surface area contributed by atoms with Crippen molar-refractivity contribution < 1.29 is 0 Å². The van der Waals surface area contributed by atoms with Crippen molar-refractivity contribution in [1.29, 1.82) is 0 Å². The van der Waals surface area contributed by atoms with Crippen molar-refractivity contribution in [1.82, 2.24) is 4.98 Å². The van der Waals surface area contributed by atoms with Gasteiger partial charge in [-0.2, -0.15) is 0 Å². The largest absolute Gasteiger partial charge is 0.321 e. The van der Waals surface area contributed by atoms with E-state index in [0.29, 0.717) is 10.6 Å². The molecule has 0 aliphatic rings. The lowest BCUT2D eigenvalue weighted by molar-refractivity contribution is 1.25. The van der Waals surface area contributed by atoms with Gasteiger partial charge >= 0.3 is 0 Å². The molecule has 4 heteroatoms. The molecule has 0 amide bonds. The first-order valence-corrected chi connectivity index (χ1v) is 9.11. The van der Waals surface area contributed by atoms with Gasteiger partial charge in [-0.05, 0) is 40.8 Å². The van der Waals surface area contributed by atoms with E-state index < -0.39 is 0 Å². The molecule has 122 valence electrons. The van der Waals surface area contributed by atoms with E-state index in [0.717, 1.165) is 27.3 Å². The molecule has 0 radical (unpaired) electrons. The van der Waals surface area contributed by atoms with E-state index in [2.05, 4.69) is 4.98 Å². The molecule has 0 aliphatic heterocycles. The van der Waals surface area contributed by atoms with Crippen LogP contribution in [-0.2, 0) is 0 Å². The van der Waals surface area contributed by atoms with Gasteiger partial charge in [-0.3, -0.25) is 4.79 Å². The quantitative estimate of drug-likeness (QED) is 0.469. The van der Waals surface area contributed by atoms with E-state index in [-0.39, 0.29) is 5.56 Å². The molecular weight excluding hydrogens is 350 g/mol. The van der Waals surface area contributed by atoms with Gasteiger partial charge in [0.25, 0.3) is 5.56 Å². The fourth-order valence-corrected chi connectivity index (χ4v) is 3.74. The topological polar surface area (TPSA) is 32.9 Å². The highest BCUT2D eigenvalue weighted by molar-refractivity contribution is 7.13. The number of thiophene rings is 1. The number of H-pyrrole nitrogens is 1. The fraction of sp³-hybridized carbons (Fsp3) is 0. The molecule has 0 saturated heterocycles. The predicted molar refractivity (Wildman–Crippen MR) is 106 cm³/mol. The fourth-order valence-electron chi connectivity index (χ4n) is 2.86. The third kappa shape index (κ3) is 3.16. The Labute approximate surface area is 154 Å². The smallest absolute Gasteiger partial charge is 0.256 e. The average molecular weight is 364 g/mol. The van der Waals surface area contributed by atoms with Crippen LogP contribution in [0.25, 0.3) is 32.8 Å². The normalized spacial score (nSPS) is 10.8. The van der Waals surface area contributed by atoms with Crippen LogP contribution in [0.15, 0.2) is 83.0 Å². The summed E-state index contributed by atoms with van der Waals surface area (Å²) in [6.07, 6.45) is 0. The SMILES string of the molecule is O=c1[nH]c(-c2ccc(Cl)cc2)cc(-c2cccs2)c1-c1ccccc1. The minimum absolute atomic E-state index is 0.0953. The van der Waals surface area contributed by atoms with Gasteiger partial charge in [-0.25, -0.2) is 0 Å². The van der Waals surface area contributed by atoms with Gasteiger partial charge in [0, 0.05) is 21.2 Å². The summed E-state index contributed by atoms with van der Waals surface area (Å²) in [5.41, 5.74) is 4.16. The summed E-state index contributed by atoms with van der Waals surface area (Å²) in [5.74, 6) is 0. The van der Waals surface area contributed by atoms with Gasteiger partial charge in [0.2, 0.25) is 0 Å². The first kappa shape index (κ1) is 15.9. The number of benzene rings is 2. The lowest BCUT2D eigenvalue weighted by Gasteiger charge is -2.11. The van der Waals surface area contributed by atoms with E-state index in [1.807, 2.05) is 78.2 Å². The van der Waals surface area contributed by atoms with Crippen LogP contribution in [0.5, 0.6) is 0 Å². The molecule has 0 bridgehead atoms. The lowest BCUT2D eigenvalue weighted by atomic mass is 9.98. The molecule has 1 N–H and O–H groups in total. The van der Waals surface area contributed by atoms with E-state index >= 15 is 0 Å². The summed E-state index contributed by atoms with van der Waals surface area (Å²) in [6, 6.07) is 23.3. The van der Waals surface area contributed by atoms with Crippen LogP contribution in [0.2, 0.25) is 5.02 Å². The summed E-state index contributed by atoms with van der Waals surface area (Å²) < 4.78 is 0. The maximum Gasteiger partial charge on any atom is 0.256 e. The Kier molecular flexibility index (Phi) is 4.26. The molecule has 4 rings (SSSR count). The van der Waals surface area contributed by atoms with Crippen molar-refractivity contribution in [3.63, 3.8) is 0 Å².